The monoisotopic (exact) mass is 315 g/mol. The molecule has 0 radical (unpaired) electrons. The number of hydrogen-bond acceptors (Lipinski definition) is 3. The van der Waals surface area contributed by atoms with Gasteiger partial charge in [0, 0.05) is 19.0 Å². The van der Waals surface area contributed by atoms with Crippen molar-refractivity contribution in [2.45, 2.75) is 37.5 Å². The van der Waals surface area contributed by atoms with Crippen LogP contribution < -0.4 is 0 Å². The Morgan fingerprint density at radius 1 is 1.40 bits per heavy atom. The summed E-state index contributed by atoms with van der Waals surface area (Å²) in [6.45, 7) is 2.66. The van der Waals surface area contributed by atoms with Gasteiger partial charge in [-0.25, -0.2) is 0 Å². The van der Waals surface area contributed by atoms with E-state index in [2.05, 4.69) is 4.90 Å². The summed E-state index contributed by atoms with van der Waals surface area (Å²) in [5.41, 5.74) is 0.874. The minimum absolute atomic E-state index is 0.139. The molecule has 3 nitrogen and oxygen atoms in total. The fourth-order valence-corrected chi connectivity index (χ4v) is 3.54. The summed E-state index contributed by atoms with van der Waals surface area (Å²) in [5.74, 6) is 0. The molecule has 5 heteroatoms. The molecule has 110 valence electrons. The van der Waals surface area contributed by atoms with Crippen molar-refractivity contribution >= 4 is 23.2 Å². The lowest BCUT2D eigenvalue weighted by atomic mass is 10.0. The Bertz CT molecular complexity index is 483. The maximum atomic E-state index is 10.4. The van der Waals surface area contributed by atoms with Gasteiger partial charge in [-0.05, 0) is 31.0 Å². The van der Waals surface area contributed by atoms with Crippen LogP contribution in [0.25, 0.3) is 0 Å². The van der Waals surface area contributed by atoms with Crippen LogP contribution in [0.5, 0.6) is 0 Å². The first-order valence-corrected chi connectivity index (χ1v) is 7.87. The van der Waals surface area contributed by atoms with Gasteiger partial charge < -0.3 is 9.84 Å². The van der Waals surface area contributed by atoms with Crippen molar-refractivity contribution < 1.29 is 9.84 Å². The van der Waals surface area contributed by atoms with Gasteiger partial charge >= 0.3 is 0 Å². The minimum atomic E-state index is -0.549. The van der Waals surface area contributed by atoms with Crippen molar-refractivity contribution in [2.75, 3.05) is 19.7 Å². The highest BCUT2D eigenvalue weighted by atomic mass is 35.5. The van der Waals surface area contributed by atoms with Crippen LogP contribution in [0.1, 0.15) is 18.4 Å². The molecule has 0 saturated carbocycles. The molecule has 20 heavy (non-hydrogen) atoms. The quantitative estimate of drug-likeness (QED) is 0.931. The summed E-state index contributed by atoms with van der Waals surface area (Å²) in [5, 5.41) is 11.5. The number of nitrogens with zero attached hydrogens (tertiary/aromatic N) is 1. The molecule has 0 aromatic heterocycles. The fourth-order valence-electron chi connectivity index (χ4n) is 3.14. The highest BCUT2D eigenvalue weighted by Crippen LogP contribution is 2.28. The van der Waals surface area contributed by atoms with Crippen LogP contribution in [-0.2, 0) is 11.2 Å². The van der Waals surface area contributed by atoms with E-state index in [0.29, 0.717) is 22.5 Å². The second kappa shape index (κ2) is 6.20. The molecule has 0 aliphatic carbocycles. The molecule has 2 heterocycles. The topological polar surface area (TPSA) is 32.7 Å². The predicted molar refractivity (Wildman–Crippen MR) is 80.5 cm³/mol. The molecule has 3 atom stereocenters. The number of fused-ring (bicyclic) bond motifs is 1. The number of aliphatic hydroxyl groups excluding tert-OH is 1. The van der Waals surface area contributed by atoms with E-state index in [-0.39, 0.29) is 6.10 Å². The summed E-state index contributed by atoms with van der Waals surface area (Å²) >= 11 is 12.2. The Morgan fingerprint density at radius 2 is 2.25 bits per heavy atom. The number of hydrogen-bond donors (Lipinski definition) is 1. The Morgan fingerprint density at radius 3 is 3.10 bits per heavy atom. The molecule has 1 N–H and O–H groups in total. The maximum absolute atomic E-state index is 10.4. The molecule has 3 rings (SSSR count). The maximum Gasteiger partial charge on any atom is 0.0964 e. The molecular formula is C15H19Cl2NO2. The van der Waals surface area contributed by atoms with Crippen LogP contribution in [0.3, 0.4) is 0 Å². The lowest BCUT2D eigenvalue weighted by Crippen LogP contribution is -2.50. The molecule has 2 saturated heterocycles. The number of benzene rings is 1. The second-order valence-electron chi connectivity index (χ2n) is 5.65. The van der Waals surface area contributed by atoms with Crippen molar-refractivity contribution in [3.8, 4) is 0 Å². The van der Waals surface area contributed by atoms with Gasteiger partial charge in [0.05, 0.1) is 28.9 Å². The first-order valence-electron chi connectivity index (χ1n) is 7.12. The van der Waals surface area contributed by atoms with Crippen molar-refractivity contribution in [3.05, 3.63) is 33.8 Å². The summed E-state index contributed by atoms with van der Waals surface area (Å²) < 4.78 is 5.83. The highest BCUT2D eigenvalue weighted by Gasteiger charge is 2.35. The van der Waals surface area contributed by atoms with Crippen molar-refractivity contribution in [2.24, 2.45) is 0 Å². The van der Waals surface area contributed by atoms with Crippen LogP contribution >= 0.6 is 23.2 Å². The van der Waals surface area contributed by atoms with E-state index in [9.17, 15) is 5.11 Å². The number of ether oxygens (including phenoxy) is 1. The summed E-state index contributed by atoms with van der Waals surface area (Å²) in [6, 6.07) is 6.06. The average molecular weight is 316 g/mol. The van der Waals surface area contributed by atoms with E-state index in [1.807, 2.05) is 12.1 Å². The van der Waals surface area contributed by atoms with E-state index in [4.69, 9.17) is 27.9 Å². The minimum Gasteiger partial charge on any atom is -0.390 e. The number of morpholine rings is 1. The Hall–Kier alpha value is -0.320. The first kappa shape index (κ1) is 14.6. The van der Waals surface area contributed by atoms with Crippen LogP contribution in [0.4, 0.5) is 0 Å². The van der Waals surface area contributed by atoms with Crippen molar-refractivity contribution in [1.82, 2.24) is 4.90 Å². The van der Waals surface area contributed by atoms with Crippen LogP contribution in [-0.4, -0.2) is 48.0 Å². The number of aliphatic hydroxyl groups is 1. The number of halogens is 2. The first-order chi connectivity index (χ1) is 9.65. The molecule has 2 aliphatic rings. The Kier molecular flexibility index (Phi) is 4.53. The molecular weight excluding hydrogens is 297 g/mol. The van der Waals surface area contributed by atoms with Crippen molar-refractivity contribution in [1.29, 1.82) is 0 Å². The van der Waals surface area contributed by atoms with E-state index in [1.165, 1.54) is 12.8 Å². The van der Waals surface area contributed by atoms with Gasteiger partial charge in [0.1, 0.15) is 0 Å². The van der Waals surface area contributed by atoms with Gasteiger partial charge in [0.15, 0.2) is 0 Å². The predicted octanol–water partition coefficient (Wildman–Crippen LogP) is 2.76. The SMILES string of the molecule is OC(Cc1cccc(Cl)c1Cl)C1CN2CCCC2CO1. The largest absolute Gasteiger partial charge is 0.390 e. The average Bonchev–Trinajstić information content (AvgIpc) is 2.91. The fraction of sp³-hybridized carbons (Fsp3) is 0.600. The zero-order valence-electron chi connectivity index (χ0n) is 11.3. The molecule has 0 amide bonds. The Balaban J connectivity index is 1.64. The second-order valence-corrected chi connectivity index (χ2v) is 6.43. The molecule has 2 fully saturated rings. The summed E-state index contributed by atoms with van der Waals surface area (Å²) in [4.78, 5) is 2.43. The van der Waals surface area contributed by atoms with Gasteiger partial charge in [-0.2, -0.15) is 0 Å². The molecule has 0 bridgehead atoms. The van der Waals surface area contributed by atoms with Gasteiger partial charge in [-0.1, -0.05) is 35.3 Å². The van der Waals surface area contributed by atoms with E-state index in [0.717, 1.165) is 25.3 Å². The summed E-state index contributed by atoms with van der Waals surface area (Å²) in [7, 11) is 0. The number of rotatable bonds is 3. The van der Waals surface area contributed by atoms with Crippen molar-refractivity contribution in [3.63, 3.8) is 0 Å². The molecule has 3 unspecified atom stereocenters. The third kappa shape index (κ3) is 2.97. The van der Waals surface area contributed by atoms with Gasteiger partial charge in [-0.15, -0.1) is 0 Å². The highest BCUT2D eigenvalue weighted by molar-refractivity contribution is 6.42. The van der Waals surface area contributed by atoms with Gasteiger partial charge in [0.25, 0.3) is 0 Å². The van der Waals surface area contributed by atoms with E-state index < -0.39 is 6.10 Å². The van der Waals surface area contributed by atoms with Crippen LogP contribution in [0.15, 0.2) is 18.2 Å². The molecule has 0 spiro atoms. The smallest absolute Gasteiger partial charge is 0.0964 e. The third-order valence-electron chi connectivity index (χ3n) is 4.31. The van der Waals surface area contributed by atoms with Crippen LogP contribution in [0.2, 0.25) is 10.0 Å². The lowest BCUT2D eigenvalue weighted by molar-refractivity contribution is -0.101. The van der Waals surface area contributed by atoms with E-state index in [1.54, 1.807) is 6.07 Å². The van der Waals surface area contributed by atoms with Crippen LogP contribution in [0, 0.1) is 0 Å². The van der Waals surface area contributed by atoms with E-state index >= 15 is 0 Å². The molecule has 1 aromatic carbocycles. The normalized spacial score (nSPS) is 28.4. The third-order valence-corrected chi connectivity index (χ3v) is 5.16. The zero-order chi connectivity index (χ0) is 14.1. The van der Waals surface area contributed by atoms with Gasteiger partial charge in [-0.3, -0.25) is 4.90 Å². The zero-order valence-corrected chi connectivity index (χ0v) is 12.8. The molecule has 2 aliphatic heterocycles. The van der Waals surface area contributed by atoms with Gasteiger partial charge in [0.2, 0.25) is 0 Å². The Labute approximate surface area is 129 Å². The lowest BCUT2D eigenvalue weighted by Gasteiger charge is -2.37. The summed E-state index contributed by atoms with van der Waals surface area (Å²) in [6.07, 6.45) is 2.23. The standard InChI is InChI=1S/C15H19Cl2NO2/c16-12-5-1-3-10(15(12)17)7-13(19)14-8-18-6-2-4-11(18)9-20-14/h1,3,5,11,13-14,19H,2,4,6-9H2. The molecule has 1 aromatic rings.